The minimum Gasteiger partial charge on any atom is -0.493 e. The molecular formula is C30H38FNO10. The lowest BCUT2D eigenvalue weighted by atomic mass is 9.80. The van der Waals surface area contributed by atoms with Crippen LogP contribution in [0.4, 0.5) is 4.39 Å². The third-order valence-corrected chi connectivity index (χ3v) is 7.53. The first-order chi connectivity index (χ1) is 19.7. The van der Waals surface area contributed by atoms with Crippen LogP contribution in [0, 0.1) is 5.82 Å². The highest BCUT2D eigenvalue weighted by molar-refractivity contribution is 5.88. The smallest absolute Gasteiger partial charge is 0.336 e. The number of carbonyl (C=O) groups is 3. The molecule has 0 aromatic heterocycles. The Bertz CT molecular complexity index is 1250. The molecule has 0 spiro atoms. The Morgan fingerprint density at radius 2 is 1.57 bits per heavy atom. The number of benzene rings is 2. The van der Waals surface area contributed by atoms with Gasteiger partial charge in [0.2, 0.25) is 0 Å². The maximum Gasteiger partial charge on any atom is 0.336 e. The van der Waals surface area contributed by atoms with E-state index in [-0.39, 0.29) is 24.0 Å². The molecule has 5 N–H and O–H groups in total. The fraction of sp³-hybridized carbons (Fsp3) is 0.500. The number of hydrogen-bond acceptors (Lipinski definition) is 8. The molecule has 2 aliphatic rings. The van der Waals surface area contributed by atoms with Gasteiger partial charge in [-0.25, -0.2) is 9.18 Å². The Balaban J connectivity index is 0.000000316. The van der Waals surface area contributed by atoms with Crippen molar-refractivity contribution in [1.82, 2.24) is 4.90 Å². The normalized spacial score (nSPS) is 21.8. The zero-order valence-electron chi connectivity index (χ0n) is 23.8. The number of fused-ring (bicyclic) bond motifs is 2. The van der Waals surface area contributed by atoms with E-state index in [4.69, 9.17) is 29.9 Å². The van der Waals surface area contributed by atoms with Crippen LogP contribution in [0.25, 0.3) is 0 Å². The molecule has 2 bridgehead atoms. The van der Waals surface area contributed by atoms with Gasteiger partial charge in [0.1, 0.15) is 5.82 Å². The number of methoxy groups -OCH3 is 1. The van der Waals surface area contributed by atoms with Crippen LogP contribution in [0.5, 0.6) is 11.5 Å². The van der Waals surface area contributed by atoms with Crippen LogP contribution in [0.2, 0.25) is 0 Å². The van der Waals surface area contributed by atoms with Gasteiger partial charge in [0.25, 0.3) is 0 Å². The van der Waals surface area contributed by atoms with Gasteiger partial charge in [0.15, 0.2) is 17.1 Å². The Morgan fingerprint density at radius 1 is 1.00 bits per heavy atom. The third-order valence-electron chi connectivity index (χ3n) is 7.53. The average Bonchev–Trinajstić information content (AvgIpc) is 3.12. The molecule has 2 aromatic carbocycles. The summed E-state index contributed by atoms with van der Waals surface area (Å²) >= 11 is 0. The molecule has 2 saturated heterocycles. The van der Waals surface area contributed by atoms with E-state index in [0.29, 0.717) is 18.4 Å². The molecule has 0 radical (unpaired) electrons. The second kappa shape index (κ2) is 13.5. The maximum atomic E-state index is 14.4. The summed E-state index contributed by atoms with van der Waals surface area (Å²) < 4.78 is 25.7. The molecule has 2 heterocycles. The predicted molar refractivity (Wildman–Crippen MR) is 148 cm³/mol. The van der Waals surface area contributed by atoms with Crippen molar-refractivity contribution >= 4 is 17.9 Å². The molecule has 42 heavy (non-hydrogen) atoms. The summed E-state index contributed by atoms with van der Waals surface area (Å²) in [7, 11) is 1.66. The van der Waals surface area contributed by atoms with Crippen LogP contribution in [0.15, 0.2) is 42.5 Å². The molecule has 2 aliphatic heterocycles. The minimum atomic E-state index is -2.74. The number of nitrogens with zero attached hydrogens (tertiary/aromatic N) is 1. The molecule has 0 saturated carbocycles. The van der Waals surface area contributed by atoms with Gasteiger partial charge in [-0.05, 0) is 63.3 Å². The zero-order chi connectivity index (χ0) is 31.2. The van der Waals surface area contributed by atoms with Gasteiger partial charge in [-0.15, -0.1) is 0 Å². The number of ether oxygens (including phenoxy) is 2. The van der Waals surface area contributed by atoms with Crippen molar-refractivity contribution < 1.29 is 53.8 Å². The van der Waals surface area contributed by atoms with E-state index < -0.39 is 42.0 Å². The highest BCUT2D eigenvalue weighted by Gasteiger charge is 2.49. The number of piperidine rings is 1. The summed E-state index contributed by atoms with van der Waals surface area (Å²) in [4.78, 5) is 33.0. The highest BCUT2D eigenvalue weighted by Crippen LogP contribution is 2.47. The first-order valence-corrected chi connectivity index (χ1v) is 13.6. The van der Waals surface area contributed by atoms with Crippen LogP contribution in [0.3, 0.4) is 0 Å². The SMILES string of the molecule is COc1cc(CN2C3CCC2CC(O)(c2ccccc2F)C3)ccc1OC(C)C.O=C(O)CC(O)(CC(=O)O)C(=O)O. The number of aliphatic carboxylic acids is 3. The number of rotatable bonds is 11. The zero-order valence-corrected chi connectivity index (χ0v) is 23.8. The summed E-state index contributed by atoms with van der Waals surface area (Å²) in [6, 6.07) is 13.2. The van der Waals surface area contributed by atoms with Crippen molar-refractivity contribution in [3.63, 3.8) is 0 Å². The predicted octanol–water partition coefficient (Wildman–Crippen LogP) is 3.39. The van der Waals surface area contributed by atoms with Gasteiger partial charge in [-0.3, -0.25) is 14.5 Å². The molecule has 2 aromatic rings. The van der Waals surface area contributed by atoms with Gasteiger partial charge in [0.05, 0.1) is 31.7 Å². The summed E-state index contributed by atoms with van der Waals surface area (Å²) in [5.41, 5.74) is -2.22. The van der Waals surface area contributed by atoms with Gasteiger partial charge in [0, 0.05) is 24.2 Å². The van der Waals surface area contributed by atoms with Crippen molar-refractivity contribution in [3.05, 3.63) is 59.4 Å². The minimum absolute atomic E-state index is 0.0868. The molecule has 11 nitrogen and oxygen atoms in total. The fourth-order valence-electron chi connectivity index (χ4n) is 5.72. The van der Waals surface area contributed by atoms with Crippen molar-refractivity contribution in [3.8, 4) is 11.5 Å². The second-order valence-electron chi connectivity index (χ2n) is 11.1. The Kier molecular flexibility index (Phi) is 10.5. The summed E-state index contributed by atoms with van der Waals surface area (Å²) in [6.07, 6.45) is 0.999. The van der Waals surface area contributed by atoms with E-state index in [1.807, 2.05) is 26.0 Å². The quantitative estimate of drug-likeness (QED) is 0.259. The largest absolute Gasteiger partial charge is 0.493 e. The highest BCUT2D eigenvalue weighted by atomic mass is 19.1. The molecular weight excluding hydrogens is 553 g/mol. The average molecular weight is 592 g/mol. The van der Waals surface area contributed by atoms with E-state index >= 15 is 0 Å². The lowest BCUT2D eigenvalue weighted by molar-refractivity contribution is -0.170. The summed E-state index contributed by atoms with van der Waals surface area (Å²) in [5.74, 6) is -3.84. The summed E-state index contributed by atoms with van der Waals surface area (Å²) in [5, 5.41) is 45.1. The van der Waals surface area contributed by atoms with Crippen molar-refractivity contribution in [2.24, 2.45) is 0 Å². The molecule has 0 aliphatic carbocycles. The molecule has 4 rings (SSSR count). The van der Waals surface area contributed by atoms with Gasteiger partial charge in [-0.2, -0.15) is 0 Å². The first kappa shape index (κ1) is 32.8. The van der Waals surface area contributed by atoms with Gasteiger partial charge in [-0.1, -0.05) is 24.3 Å². The van der Waals surface area contributed by atoms with Crippen molar-refractivity contribution in [2.45, 2.75) is 88.3 Å². The van der Waals surface area contributed by atoms with E-state index in [9.17, 15) is 23.9 Å². The topological polar surface area (TPSA) is 174 Å². The first-order valence-electron chi connectivity index (χ1n) is 13.6. The van der Waals surface area contributed by atoms with Crippen molar-refractivity contribution in [2.75, 3.05) is 7.11 Å². The maximum absolute atomic E-state index is 14.4. The number of hydrogen-bond donors (Lipinski definition) is 5. The standard InChI is InChI=1S/C24H30FNO3.C6H8O7/c1-16(2)29-22-11-8-17(12-23(22)28-3)15-26-18-9-10-19(26)14-24(27,13-18)20-6-4-5-7-21(20)25;7-3(8)1-6(13,5(11)12)2-4(9)10/h4-8,11-12,16,18-19,27H,9-10,13-15H2,1-3H3;13H,1-2H2,(H,7,8)(H,9,10)(H,11,12). The van der Waals surface area contributed by atoms with Crippen LogP contribution in [0.1, 0.15) is 63.5 Å². The lowest BCUT2D eigenvalue weighted by Crippen LogP contribution is -2.49. The molecule has 2 atom stereocenters. The van der Waals surface area contributed by atoms with E-state index in [1.165, 1.54) is 6.07 Å². The Labute approximate surface area is 243 Å². The van der Waals surface area contributed by atoms with E-state index in [1.54, 1.807) is 25.3 Å². The van der Waals surface area contributed by atoms with E-state index in [0.717, 1.165) is 36.4 Å². The third kappa shape index (κ3) is 7.96. The summed E-state index contributed by atoms with van der Waals surface area (Å²) in [6.45, 7) is 4.78. The molecule has 2 unspecified atom stereocenters. The van der Waals surface area contributed by atoms with E-state index in [2.05, 4.69) is 11.0 Å². The molecule has 0 amide bonds. The number of halogens is 1. The number of carboxylic acids is 3. The molecule has 230 valence electrons. The lowest BCUT2D eigenvalue weighted by Gasteiger charge is -2.44. The monoisotopic (exact) mass is 591 g/mol. The number of carboxylic acid groups (broad SMARTS) is 3. The van der Waals surface area contributed by atoms with Gasteiger partial charge >= 0.3 is 17.9 Å². The van der Waals surface area contributed by atoms with Gasteiger partial charge < -0.3 is 35.0 Å². The second-order valence-corrected chi connectivity index (χ2v) is 11.1. The van der Waals surface area contributed by atoms with Crippen LogP contribution >= 0.6 is 0 Å². The Hall–Kier alpha value is -3.74. The van der Waals surface area contributed by atoms with Crippen LogP contribution in [-0.2, 0) is 26.5 Å². The van der Waals surface area contributed by atoms with Crippen LogP contribution in [-0.4, -0.2) is 79.2 Å². The molecule has 12 heteroatoms. The fourth-order valence-corrected chi connectivity index (χ4v) is 5.72. The van der Waals surface area contributed by atoms with Crippen molar-refractivity contribution in [1.29, 1.82) is 0 Å². The number of aliphatic hydroxyl groups is 2. The van der Waals surface area contributed by atoms with Crippen LogP contribution < -0.4 is 9.47 Å². The molecule has 2 fully saturated rings. The Morgan fingerprint density at radius 3 is 2.05 bits per heavy atom.